The number of fused-ring (bicyclic) bond motifs is 1. The van der Waals surface area contributed by atoms with Crippen molar-refractivity contribution < 1.29 is 0 Å². The Bertz CT molecular complexity index is 632. The molecule has 0 unspecified atom stereocenters. The van der Waals surface area contributed by atoms with Gasteiger partial charge in [0.25, 0.3) is 0 Å². The van der Waals surface area contributed by atoms with Gasteiger partial charge in [-0.3, -0.25) is 4.40 Å². The zero-order valence-corrected chi connectivity index (χ0v) is 11.8. The van der Waals surface area contributed by atoms with Crippen LogP contribution < -0.4 is 0 Å². The third-order valence-corrected chi connectivity index (χ3v) is 3.02. The van der Waals surface area contributed by atoms with Crippen molar-refractivity contribution in [2.24, 2.45) is 0 Å². The molecule has 0 spiro atoms. The number of alkyl halides is 2. The molecular formula is C12H12Cl2N4. The van der Waals surface area contributed by atoms with E-state index in [0.29, 0.717) is 17.0 Å². The molecule has 0 atom stereocenters. The van der Waals surface area contributed by atoms with Gasteiger partial charge in [-0.25, -0.2) is 9.97 Å². The van der Waals surface area contributed by atoms with Crippen LogP contribution in [0.5, 0.6) is 0 Å². The Morgan fingerprint density at radius 3 is 2.56 bits per heavy atom. The van der Waals surface area contributed by atoms with E-state index in [1.165, 1.54) is 6.33 Å². The predicted molar refractivity (Wildman–Crippen MR) is 70.8 cm³/mol. The highest BCUT2D eigenvalue weighted by molar-refractivity contribution is 6.43. The first-order valence-corrected chi connectivity index (χ1v) is 6.28. The van der Waals surface area contributed by atoms with Gasteiger partial charge in [0.1, 0.15) is 28.6 Å². The standard InChI is InChI=1S/C12H12Cl2N4/c1-12(2,3)10-8(5-15)18-6-16-7(11(13)14)4-9(18)17-10/h4,6,11H,1-3H3. The second kappa shape index (κ2) is 4.42. The first-order chi connectivity index (χ1) is 8.34. The van der Waals surface area contributed by atoms with Crippen molar-refractivity contribution in [3.8, 4) is 6.07 Å². The molecule has 6 heteroatoms. The Morgan fingerprint density at radius 2 is 2.06 bits per heavy atom. The number of nitriles is 1. The van der Waals surface area contributed by atoms with Crippen LogP contribution >= 0.6 is 23.2 Å². The highest BCUT2D eigenvalue weighted by Gasteiger charge is 2.24. The molecule has 0 aromatic carbocycles. The van der Waals surface area contributed by atoms with Gasteiger partial charge in [-0.2, -0.15) is 5.26 Å². The maximum atomic E-state index is 9.26. The molecule has 0 aliphatic rings. The van der Waals surface area contributed by atoms with E-state index < -0.39 is 4.84 Å². The van der Waals surface area contributed by atoms with Gasteiger partial charge in [-0.1, -0.05) is 44.0 Å². The molecule has 2 aromatic rings. The number of halogens is 2. The summed E-state index contributed by atoms with van der Waals surface area (Å²) in [5.74, 6) is 0. The lowest BCUT2D eigenvalue weighted by atomic mass is 9.91. The fraction of sp³-hybridized carbons (Fsp3) is 0.417. The zero-order chi connectivity index (χ0) is 13.5. The van der Waals surface area contributed by atoms with E-state index >= 15 is 0 Å². The summed E-state index contributed by atoms with van der Waals surface area (Å²) < 4.78 is 1.65. The third kappa shape index (κ3) is 2.16. The first kappa shape index (κ1) is 13.1. The van der Waals surface area contributed by atoms with Crippen LogP contribution in [0.3, 0.4) is 0 Å². The lowest BCUT2D eigenvalue weighted by Crippen LogP contribution is -2.13. The second-order valence-corrected chi connectivity index (χ2v) is 6.11. The molecule has 2 aromatic heterocycles. The average Bonchev–Trinajstić information content (AvgIpc) is 2.65. The topological polar surface area (TPSA) is 54.0 Å². The molecule has 0 amide bonds. The highest BCUT2D eigenvalue weighted by atomic mass is 35.5. The summed E-state index contributed by atoms with van der Waals surface area (Å²) in [7, 11) is 0. The Hall–Kier alpha value is -1.31. The van der Waals surface area contributed by atoms with E-state index in [1.807, 2.05) is 20.8 Å². The van der Waals surface area contributed by atoms with E-state index in [2.05, 4.69) is 16.0 Å². The Balaban J connectivity index is 2.74. The summed E-state index contributed by atoms with van der Waals surface area (Å²) in [6, 6.07) is 3.86. The second-order valence-electron chi connectivity index (χ2n) is 5.01. The molecule has 18 heavy (non-hydrogen) atoms. The van der Waals surface area contributed by atoms with Gasteiger partial charge in [0, 0.05) is 11.5 Å². The highest BCUT2D eigenvalue weighted by Crippen LogP contribution is 2.28. The summed E-state index contributed by atoms with van der Waals surface area (Å²) in [6.07, 6.45) is 1.53. The van der Waals surface area contributed by atoms with Crippen molar-refractivity contribution in [2.45, 2.75) is 31.0 Å². The lowest BCUT2D eigenvalue weighted by Gasteiger charge is -2.14. The van der Waals surface area contributed by atoms with Crippen molar-refractivity contribution in [3.63, 3.8) is 0 Å². The molecule has 0 aliphatic carbocycles. The number of rotatable bonds is 1. The van der Waals surface area contributed by atoms with E-state index in [4.69, 9.17) is 23.2 Å². The van der Waals surface area contributed by atoms with Crippen LogP contribution in [0.15, 0.2) is 12.4 Å². The molecule has 0 saturated carbocycles. The van der Waals surface area contributed by atoms with Gasteiger partial charge in [0.15, 0.2) is 0 Å². The van der Waals surface area contributed by atoms with Crippen molar-refractivity contribution in [1.29, 1.82) is 5.26 Å². The number of imidazole rings is 1. The molecule has 2 rings (SSSR count). The van der Waals surface area contributed by atoms with Crippen LogP contribution in [-0.2, 0) is 5.41 Å². The SMILES string of the molecule is CC(C)(C)c1nc2cc(C(Cl)Cl)ncn2c1C#N. The summed E-state index contributed by atoms with van der Waals surface area (Å²) in [6.45, 7) is 6.03. The van der Waals surface area contributed by atoms with Gasteiger partial charge in [-0.15, -0.1) is 0 Å². The van der Waals surface area contributed by atoms with Crippen molar-refractivity contribution >= 4 is 28.8 Å². The summed E-state index contributed by atoms with van der Waals surface area (Å²) in [4.78, 5) is 7.90. The maximum Gasteiger partial charge on any atom is 0.149 e. The van der Waals surface area contributed by atoms with Gasteiger partial charge in [0.05, 0.1) is 11.4 Å². The van der Waals surface area contributed by atoms with E-state index in [1.54, 1.807) is 10.5 Å². The largest absolute Gasteiger partial charge is 0.274 e. The van der Waals surface area contributed by atoms with Crippen LogP contribution in [0.2, 0.25) is 0 Å². The van der Waals surface area contributed by atoms with E-state index in [9.17, 15) is 5.26 Å². The molecule has 2 heterocycles. The number of nitrogens with zero attached hydrogens (tertiary/aromatic N) is 4. The quantitative estimate of drug-likeness (QED) is 0.754. The lowest BCUT2D eigenvalue weighted by molar-refractivity contribution is 0.571. The number of aromatic nitrogens is 3. The third-order valence-electron chi connectivity index (χ3n) is 2.58. The minimum Gasteiger partial charge on any atom is -0.274 e. The molecule has 4 nitrogen and oxygen atoms in total. The monoisotopic (exact) mass is 282 g/mol. The van der Waals surface area contributed by atoms with Crippen LogP contribution in [0.4, 0.5) is 0 Å². The Labute approximate surface area is 115 Å². The zero-order valence-electron chi connectivity index (χ0n) is 10.3. The fourth-order valence-corrected chi connectivity index (χ4v) is 1.95. The van der Waals surface area contributed by atoms with Gasteiger partial charge < -0.3 is 0 Å². The maximum absolute atomic E-state index is 9.26. The molecular weight excluding hydrogens is 271 g/mol. The predicted octanol–water partition coefficient (Wildman–Crippen LogP) is 3.37. The Kier molecular flexibility index (Phi) is 3.22. The average molecular weight is 283 g/mol. The smallest absolute Gasteiger partial charge is 0.149 e. The summed E-state index contributed by atoms with van der Waals surface area (Å²) >= 11 is 11.5. The normalized spacial score (nSPS) is 12.1. The molecule has 0 radical (unpaired) electrons. The minimum atomic E-state index is -0.699. The van der Waals surface area contributed by atoms with Crippen molar-refractivity contribution in [3.05, 3.63) is 29.5 Å². The minimum absolute atomic E-state index is 0.210. The first-order valence-electron chi connectivity index (χ1n) is 5.41. The van der Waals surface area contributed by atoms with Crippen molar-refractivity contribution in [1.82, 2.24) is 14.4 Å². The molecule has 0 aliphatic heterocycles. The van der Waals surface area contributed by atoms with Gasteiger partial charge in [0.2, 0.25) is 0 Å². The molecule has 0 saturated heterocycles. The molecule has 0 fully saturated rings. The van der Waals surface area contributed by atoms with E-state index in [0.717, 1.165) is 5.69 Å². The number of hydrogen-bond donors (Lipinski definition) is 0. The molecule has 0 N–H and O–H groups in total. The van der Waals surface area contributed by atoms with Crippen LogP contribution in [-0.4, -0.2) is 14.4 Å². The number of hydrogen-bond acceptors (Lipinski definition) is 3. The summed E-state index contributed by atoms with van der Waals surface area (Å²) in [5.41, 5.74) is 2.19. The Morgan fingerprint density at radius 1 is 1.39 bits per heavy atom. The molecule has 94 valence electrons. The van der Waals surface area contributed by atoms with Crippen LogP contribution in [0.25, 0.3) is 5.65 Å². The van der Waals surface area contributed by atoms with E-state index in [-0.39, 0.29) is 5.41 Å². The molecule has 0 bridgehead atoms. The van der Waals surface area contributed by atoms with Crippen LogP contribution in [0.1, 0.15) is 42.7 Å². The summed E-state index contributed by atoms with van der Waals surface area (Å²) in [5, 5.41) is 9.26. The van der Waals surface area contributed by atoms with Gasteiger partial charge in [-0.05, 0) is 0 Å². The van der Waals surface area contributed by atoms with Crippen molar-refractivity contribution in [2.75, 3.05) is 0 Å². The fourth-order valence-electron chi connectivity index (χ4n) is 1.71. The van der Waals surface area contributed by atoms with Crippen LogP contribution in [0, 0.1) is 11.3 Å². The van der Waals surface area contributed by atoms with Gasteiger partial charge >= 0.3 is 0 Å².